The van der Waals surface area contributed by atoms with Crippen LogP contribution in [-0.4, -0.2) is 23.7 Å². The topological polar surface area (TPSA) is 58.6 Å². The third-order valence-electron chi connectivity index (χ3n) is 2.33. The minimum atomic E-state index is -3.24. The SMILES string of the molecule is Cl.O=C1N[C@@H](c2ccccc2O)C(F)(F)CO1. The highest BCUT2D eigenvalue weighted by Crippen LogP contribution is 2.37. The summed E-state index contributed by atoms with van der Waals surface area (Å²) in [5.41, 5.74) is -0.0239. The van der Waals surface area contributed by atoms with E-state index in [4.69, 9.17) is 0 Å². The molecule has 1 fully saturated rings. The summed E-state index contributed by atoms with van der Waals surface area (Å²) in [6, 6.07) is 4.08. The lowest BCUT2D eigenvalue weighted by atomic mass is 9.99. The molecule has 1 atom stereocenters. The molecule has 1 saturated heterocycles. The number of ether oxygens (including phenoxy) is 1. The number of halogens is 3. The Labute approximate surface area is 102 Å². The maximum Gasteiger partial charge on any atom is 0.408 e. The molecule has 2 N–H and O–H groups in total. The van der Waals surface area contributed by atoms with Crippen LogP contribution in [0.15, 0.2) is 24.3 Å². The minimum absolute atomic E-state index is 0. The highest BCUT2D eigenvalue weighted by Gasteiger charge is 2.47. The van der Waals surface area contributed by atoms with E-state index in [1.54, 1.807) is 0 Å². The number of rotatable bonds is 1. The van der Waals surface area contributed by atoms with Crippen LogP contribution < -0.4 is 5.32 Å². The molecule has 0 saturated carbocycles. The highest BCUT2D eigenvalue weighted by atomic mass is 35.5. The first-order chi connectivity index (χ1) is 7.50. The van der Waals surface area contributed by atoms with Crippen LogP contribution in [0.1, 0.15) is 11.6 Å². The number of hydrogen-bond donors (Lipinski definition) is 2. The normalized spacial score (nSPS) is 22.0. The second-order valence-electron chi connectivity index (χ2n) is 3.47. The number of alkyl halides is 2. The zero-order valence-electron chi connectivity index (χ0n) is 8.52. The van der Waals surface area contributed by atoms with Crippen LogP contribution in [0.2, 0.25) is 0 Å². The van der Waals surface area contributed by atoms with E-state index < -0.39 is 24.7 Å². The Kier molecular flexibility index (Phi) is 3.77. The summed E-state index contributed by atoms with van der Waals surface area (Å²) in [5, 5.41) is 11.4. The number of phenolic OH excluding ortho intramolecular Hbond substituents is 1. The zero-order chi connectivity index (χ0) is 11.8. The fraction of sp³-hybridized carbons (Fsp3) is 0.300. The monoisotopic (exact) mass is 265 g/mol. The lowest BCUT2D eigenvalue weighted by Gasteiger charge is -2.32. The highest BCUT2D eigenvalue weighted by molar-refractivity contribution is 5.85. The quantitative estimate of drug-likeness (QED) is 0.819. The lowest BCUT2D eigenvalue weighted by molar-refractivity contribution is -0.104. The molecule has 0 bridgehead atoms. The number of hydrogen-bond acceptors (Lipinski definition) is 3. The number of aromatic hydroxyl groups is 1. The lowest BCUT2D eigenvalue weighted by Crippen LogP contribution is -2.49. The zero-order valence-corrected chi connectivity index (χ0v) is 9.34. The van der Waals surface area contributed by atoms with Gasteiger partial charge in [0.15, 0.2) is 6.61 Å². The Hall–Kier alpha value is -1.56. The van der Waals surface area contributed by atoms with E-state index in [0.717, 1.165) is 0 Å². The van der Waals surface area contributed by atoms with Gasteiger partial charge in [0, 0.05) is 5.56 Å². The van der Waals surface area contributed by atoms with Crippen molar-refractivity contribution in [1.82, 2.24) is 5.32 Å². The van der Waals surface area contributed by atoms with E-state index in [1.807, 2.05) is 5.32 Å². The van der Waals surface area contributed by atoms with Crippen LogP contribution in [-0.2, 0) is 4.74 Å². The van der Waals surface area contributed by atoms with Gasteiger partial charge in [0.1, 0.15) is 11.8 Å². The number of nitrogens with one attached hydrogen (secondary N) is 1. The molecule has 1 heterocycles. The summed E-state index contributed by atoms with van der Waals surface area (Å²) in [6.07, 6.45) is -0.917. The Morgan fingerprint density at radius 1 is 1.41 bits per heavy atom. The van der Waals surface area contributed by atoms with Gasteiger partial charge in [0.2, 0.25) is 0 Å². The van der Waals surface area contributed by atoms with Crippen molar-refractivity contribution in [1.29, 1.82) is 0 Å². The van der Waals surface area contributed by atoms with Gasteiger partial charge >= 0.3 is 12.0 Å². The molecular weight excluding hydrogens is 256 g/mol. The number of cyclic esters (lactones) is 1. The van der Waals surface area contributed by atoms with E-state index >= 15 is 0 Å². The number of benzene rings is 1. The van der Waals surface area contributed by atoms with Crippen LogP contribution >= 0.6 is 12.4 Å². The summed E-state index contributed by atoms with van der Waals surface area (Å²) in [7, 11) is 0. The van der Waals surface area contributed by atoms with Crippen molar-refractivity contribution in [3.05, 3.63) is 29.8 Å². The molecular formula is C10H10ClF2NO3. The third kappa shape index (κ3) is 2.58. The summed E-state index contributed by atoms with van der Waals surface area (Å²) in [6.45, 7) is -0.988. The summed E-state index contributed by atoms with van der Waals surface area (Å²) < 4.78 is 31.1. The van der Waals surface area contributed by atoms with Gasteiger partial charge in [-0.1, -0.05) is 18.2 Å². The molecule has 94 valence electrons. The molecule has 1 amide bonds. The number of para-hydroxylation sites is 1. The number of alkyl carbamates (subject to hydrolysis) is 1. The molecule has 7 heteroatoms. The molecule has 4 nitrogen and oxygen atoms in total. The van der Waals surface area contributed by atoms with Crippen LogP contribution in [0.25, 0.3) is 0 Å². The van der Waals surface area contributed by atoms with Crippen LogP contribution in [0, 0.1) is 0 Å². The van der Waals surface area contributed by atoms with Crippen LogP contribution in [0.3, 0.4) is 0 Å². The predicted molar refractivity (Wildman–Crippen MR) is 57.5 cm³/mol. The molecule has 1 aliphatic heterocycles. The standard InChI is InChI=1S/C10H9F2NO3.ClH/c11-10(12)5-16-9(15)13-8(10)6-3-1-2-4-7(6)14;/h1-4,8,14H,5H2,(H,13,15);1H/t8-;/m0./s1. The summed E-state index contributed by atoms with van der Waals surface area (Å²) in [5.74, 6) is -3.53. The Morgan fingerprint density at radius 3 is 2.71 bits per heavy atom. The molecule has 1 aliphatic rings. The van der Waals surface area contributed by atoms with Crippen molar-refractivity contribution in [2.24, 2.45) is 0 Å². The van der Waals surface area contributed by atoms with Crippen molar-refractivity contribution in [3.63, 3.8) is 0 Å². The van der Waals surface area contributed by atoms with Gasteiger partial charge in [-0.2, -0.15) is 0 Å². The second-order valence-corrected chi connectivity index (χ2v) is 3.47. The van der Waals surface area contributed by atoms with Crippen molar-refractivity contribution in [2.75, 3.05) is 6.61 Å². The fourth-order valence-corrected chi connectivity index (χ4v) is 1.55. The van der Waals surface area contributed by atoms with Gasteiger partial charge in [-0.3, -0.25) is 0 Å². The van der Waals surface area contributed by atoms with Crippen molar-refractivity contribution < 1.29 is 23.4 Å². The first-order valence-electron chi connectivity index (χ1n) is 4.60. The van der Waals surface area contributed by atoms with Gasteiger partial charge in [0.05, 0.1) is 0 Å². The number of carbonyl (C=O) groups excluding carboxylic acids is 1. The van der Waals surface area contributed by atoms with E-state index in [-0.39, 0.29) is 23.7 Å². The van der Waals surface area contributed by atoms with E-state index in [9.17, 15) is 18.7 Å². The van der Waals surface area contributed by atoms with Crippen LogP contribution in [0.4, 0.5) is 13.6 Å². The largest absolute Gasteiger partial charge is 0.508 e. The Morgan fingerprint density at radius 2 is 2.06 bits per heavy atom. The molecule has 0 unspecified atom stereocenters. The molecule has 1 aromatic carbocycles. The second kappa shape index (κ2) is 4.75. The molecule has 17 heavy (non-hydrogen) atoms. The van der Waals surface area contributed by atoms with Gasteiger partial charge in [-0.15, -0.1) is 12.4 Å². The van der Waals surface area contributed by atoms with E-state index in [0.29, 0.717) is 0 Å². The van der Waals surface area contributed by atoms with Crippen molar-refractivity contribution >= 4 is 18.5 Å². The average molecular weight is 266 g/mol. The maximum absolute atomic E-state index is 13.5. The van der Waals surface area contributed by atoms with Gasteiger partial charge < -0.3 is 15.2 Å². The number of phenols is 1. The Balaban J connectivity index is 0.00000144. The van der Waals surface area contributed by atoms with E-state index in [2.05, 4.69) is 4.74 Å². The molecule has 0 aromatic heterocycles. The van der Waals surface area contributed by atoms with Crippen LogP contribution in [0.5, 0.6) is 5.75 Å². The minimum Gasteiger partial charge on any atom is -0.508 e. The molecule has 0 radical (unpaired) electrons. The third-order valence-corrected chi connectivity index (χ3v) is 2.33. The van der Waals surface area contributed by atoms with E-state index in [1.165, 1.54) is 24.3 Å². The molecule has 0 aliphatic carbocycles. The smallest absolute Gasteiger partial charge is 0.408 e. The first-order valence-corrected chi connectivity index (χ1v) is 4.60. The summed E-state index contributed by atoms with van der Waals surface area (Å²) >= 11 is 0. The molecule has 1 aromatic rings. The summed E-state index contributed by atoms with van der Waals surface area (Å²) in [4.78, 5) is 10.9. The van der Waals surface area contributed by atoms with Crippen molar-refractivity contribution in [3.8, 4) is 5.75 Å². The Bertz CT molecular complexity index is 428. The van der Waals surface area contributed by atoms with Gasteiger partial charge in [0.25, 0.3) is 0 Å². The van der Waals surface area contributed by atoms with Crippen molar-refractivity contribution in [2.45, 2.75) is 12.0 Å². The first kappa shape index (κ1) is 13.5. The maximum atomic E-state index is 13.5. The van der Waals surface area contributed by atoms with Gasteiger partial charge in [-0.05, 0) is 6.07 Å². The predicted octanol–water partition coefficient (Wildman–Crippen LogP) is 2.23. The van der Waals surface area contributed by atoms with Gasteiger partial charge in [-0.25, -0.2) is 13.6 Å². The number of carbonyl (C=O) groups is 1. The number of amides is 1. The fourth-order valence-electron chi connectivity index (χ4n) is 1.55. The molecule has 2 rings (SSSR count). The average Bonchev–Trinajstić information content (AvgIpc) is 2.23. The molecule has 0 spiro atoms.